The van der Waals surface area contributed by atoms with Crippen LogP contribution in [0.5, 0.6) is 0 Å². The first-order chi connectivity index (χ1) is 12.7. The van der Waals surface area contributed by atoms with E-state index in [4.69, 9.17) is 18.9 Å². The van der Waals surface area contributed by atoms with Crippen LogP contribution in [-0.2, 0) is 18.9 Å². The van der Waals surface area contributed by atoms with E-state index in [2.05, 4.69) is 0 Å². The second-order valence-electron chi connectivity index (χ2n) is 5.85. The molecule has 3 atom stereocenters. The van der Waals surface area contributed by atoms with Crippen molar-refractivity contribution in [2.75, 3.05) is 20.3 Å². The van der Waals surface area contributed by atoms with E-state index in [1.165, 1.54) is 7.11 Å². The number of rotatable bonds is 6. The number of ether oxygens (including phenoxy) is 4. The lowest BCUT2D eigenvalue weighted by molar-refractivity contribution is -0.0448. The average molecular weight is 356 g/mol. The van der Waals surface area contributed by atoms with Crippen molar-refractivity contribution in [2.24, 2.45) is 0 Å². The van der Waals surface area contributed by atoms with Gasteiger partial charge in [0.15, 0.2) is 6.10 Å². The highest BCUT2D eigenvalue weighted by Gasteiger charge is 2.41. The monoisotopic (exact) mass is 356 g/mol. The van der Waals surface area contributed by atoms with Crippen LogP contribution in [-0.4, -0.2) is 50.6 Å². The van der Waals surface area contributed by atoms with E-state index in [-0.39, 0.29) is 13.2 Å². The second kappa shape index (κ2) is 8.60. The number of benzene rings is 2. The molecule has 1 fully saturated rings. The first-order valence-electron chi connectivity index (χ1n) is 8.31. The molecule has 0 aliphatic carbocycles. The Balaban J connectivity index is 1.55. The molecule has 1 saturated heterocycles. The molecule has 0 spiro atoms. The van der Waals surface area contributed by atoms with Gasteiger partial charge >= 0.3 is 11.9 Å². The fraction of sp³-hybridized carbons (Fsp3) is 0.300. The Bertz CT molecular complexity index is 730. The van der Waals surface area contributed by atoms with Gasteiger partial charge in [-0.3, -0.25) is 0 Å². The molecule has 0 saturated carbocycles. The molecule has 1 heterocycles. The van der Waals surface area contributed by atoms with Crippen molar-refractivity contribution >= 4 is 11.9 Å². The van der Waals surface area contributed by atoms with Crippen molar-refractivity contribution in [1.29, 1.82) is 0 Å². The molecule has 6 heteroatoms. The van der Waals surface area contributed by atoms with E-state index in [1.54, 1.807) is 48.5 Å². The molecule has 0 N–H and O–H groups in total. The third-order valence-electron chi connectivity index (χ3n) is 4.14. The van der Waals surface area contributed by atoms with Crippen LogP contribution in [0.25, 0.3) is 0 Å². The lowest BCUT2D eigenvalue weighted by Crippen LogP contribution is -2.38. The summed E-state index contributed by atoms with van der Waals surface area (Å²) < 4.78 is 21.8. The maximum Gasteiger partial charge on any atom is 0.338 e. The average Bonchev–Trinajstić information content (AvgIpc) is 3.08. The van der Waals surface area contributed by atoms with E-state index in [1.807, 2.05) is 12.1 Å². The minimum absolute atomic E-state index is 0.0195. The van der Waals surface area contributed by atoms with Gasteiger partial charge in [0.05, 0.1) is 17.7 Å². The van der Waals surface area contributed by atoms with Gasteiger partial charge in [-0.05, 0) is 24.3 Å². The van der Waals surface area contributed by atoms with Crippen molar-refractivity contribution < 1.29 is 28.5 Å². The maximum atomic E-state index is 12.2. The Labute approximate surface area is 151 Å². The fourth-order valence-corrected chi connectivity index (χ4v) is 2.79. The Morgan fingerprint density at radius 3 is 2.12 bits per heavy atom. The molecule has 0 aromatic heterocycles. The molecular weight excluding hydrogens is 336 g/mol. The number of esters is 2. The summed E-state index contributed by atoms with van der Waals surface area (Å²) in [6, 6.07) is 17.4. The molecule has 26 heavy (non-hydrogen) atoms. The van der Waals surface area contributed by atoms with Gasteiger partial charge in [0.1, 0.15) is 18.8 Å². The summed E-state index contributed by atoms with van der Waals surface area (Å²) in [4.78, 5) is 24.2. The topological polar surface area (TPSA) is 71.1 Å². The third kappa shape index (κ3) is 4.28. The maximum absolute atomic E-state index is 12.2. The molecule has 0 amide bonds. The van der Waals surface area contributed by atoms with E-state index >= 15 is 0 Å². The van der Waals surface area contributed by atoms with Gasteiger partial charge < -0.3 is 18.9 Å². The summed E-state index contributed by atoms with van der Waals surface area (Å²) in [6.07, 6.45) is -1.57. The van der Waals surface area contributed by atoms with Crippen LogP contribution in [0.1, 0.15) is 20.7 Å². The predicted octanol–water partition coefficient (Wildman–Crippen LogP) is 2.48. The Kier molecular flexibility index (Phi) is 5.99. The highest BCUT2D eigenvalue weighted by atomic mass is 16.6. The van der Waals surface area contributed by atoms with Gasteiger partial charge in [-0.1, -0.05) is 36.4 Å². The van der Waals surface area contributed by atoms with E-state index in [0.29, 0.717) is 11.1 Å². The predicted molar refractivity (Wildman–Crippen MR) is 92.9 cm³/mol. The van der Waals surface area contributed by atoms with Crippen molar-refractivity contribution in [3.05, 3.63) is 71.8 Å². The van der Waals surface area contributed by atoms with Crippen molar-refractivity contribution in [2.45, 2.75) is 18.3 Å². The summed E-state index contributed by atoms with van der Waals surface area (Å²) in [5.41, 5.74) is 0.924. The number of hydrogen-bond donors (Lipinski definition) is 0. The standard InChI is InChI=1S/C20H20O6/c1-23-18-16(12-25-19(21)14-8-4-2-5-9-14)24-13-17(18)26-20(22)15-10-6-3-7-11-15/h2-11,16-18H,12-13H2,1H3/t16?,17-,18?/m0/s1. The Hall–Kier alpha value is -2.70. The normalized spacial score (nSPS) is 22.0. The van der Waals surface area contributed by atoms with E-state index < -0.39 is 30.3 Å². The zero-order chi connectivity index (χ0) is 18.4. The first kappa shape index (κ1) is 18.1. The van der Waals surface area contributed by atoms with Gasteiger partial charge in [-0.2, -0.15) is 0 Å². The van der Waals surface area contributed by atoms with Crippen LogP contribution < -0.4 is 0 Å². The minimum atomic E-state index is -0.562. The zero-order valence-electron chi connectivity index (χ0n) is 14.4. The van der Waals surface area contributed by atoms with E-state index in [9.17, 15) is 9.59 Å². The van der Waals surface area contributed by atoms with Gasteiger partial charge in [0.25, 0.3) is 0 Å². The summed E-state index contributed by atoms with van der Waals surface area (Å²) in [5, 5.41) is 0. The zero-order valence-corrected chi connectivity index (χ0v) is 14.4. The Morgan fingerprint density at radius 2 is 1.54 bits per heavy atom. The molecule has 3 rings (SSSR count). The summed E-state index contributed by atoms with van der Waals surface area (Å²) in [7, 11) is 1.51. The number of carbonyl (C=O) groups excluding carboxylic acids is 2. The molecule has 6 nitrogen and oxygen atoms in total. The first-order valence-corrected chi connectivity index (χ1v) is 8.31. The molecule has 1 aliphatic heterocycles. The van der Waals surface area contributed by atoms with Crippen molar-refractivity contribution in [3.8, 4) is 0 Å². The molecule has 0 bridgehead atoms. The molecule has 2 aromatic rings. The van der Waals surface area contributed by atoms with Gasteiger partial charge in [-0.15, -0.1) is 0 Å². The van der Waals surface area contributed by atoms with Crippen LogP contribution in [0.4, 0.5) is 0 Å². The van der Waals surface area contributed by atoms with Crippen molar-refractivity contribution in [3.63, 3.8) is 0 Å². The van der Waals surface area contributed by atoms with Crippen LogP contribution in [0, 0.1) is 0 Å². The molecule has 2 aromatic carbocycles. The molecule has 0 radical (unpaired) electrons. The third-order valence-corrected chi connectivity index (χ3v) is 4.14. The van der Waals surface area contributed by atoms with Crippen LogP contribution in [0.2, 0.25) is 0 Å². The number of hydrogen-bond acceptors (Lipinski definition) is 6. The largest absolute Gasteiger partial charge is 0.459 e. The SMILES string of the molecule is COC1C(COC(=O)c2ccccc2)OC[C@@H]1OC(=O)c1ccccc1. The molecule has 2 unspecified atom stereocenters. The van der Waals surface area contributed by atoms with Crippen LogP contribution in [0.3, 0.4) is 0 Å². The van der Waals surface area contributed by atoms with Crippen molar-refractivity contribution in [1.82, 2.24) is 0 Å². The fourth-order valence-electron chi connectivity index (χ4n) is 2.79. The second-order valence-corrected chi connectivity index (χ2v) is 5.85. The van der Waals surface area contributed by atoms with Gasteiger partial charge in [0.2, 0.25) is 0 Å². The van der Waals surface area contributed by atoms with E-state index in [0.717, 1.165) is 0 Å². The summed E-state index contributed by atoms with van der Waals surface area (Å²) in [5.74, 6) is -0.878. The summed E-state index contributed by atoms with van der Waals surface area (Å²) in [6.45, 7) is 0.205. The van der Waals surface area contributed by atoms with Gasteiger partial charge in [-0.25, -0.2) is 9.59 Å². The molecule has 1 aliphatic rings. The van der Waals surface area contributed by atoms with Gasteiger partial charge in [0, 0.05) is 7.11 Å². The van der Waals surface area contributed by atoms with Crippen LogP contribution in [0.15, 0.2) is 60.7 Å². The number of carbonyl (C=O) groups is 2. The number of methoxy groups -OCH3 is 1. The lowest BCUT2D eigenvalue weighted by Gasteiger charge is -2.21. The highest BCUT2D eigenvalue weighted by molar-refractivity contribution is 5.89. The lowest BCUT2D eigenvalue weighted by atomic mass is 10.1. The summed E-state index contributed by atoms with van der Waals surface area (Å²) >= 11 is 0. The quantitative estimate of drug-likeness (QED) is 0.741. The molecular formula is C20H20O6. The van der Waals surface area contributed by atoms with Crippen LogP contribution >= 0.6 is 0 Å². The Morgan fingerprint density at radius 1 is 0.962 bits per heavy atom. The smallest absolute Gasteiger partial charge is 0.338 e. The highest BCUT2D eigenvalue weighted by Crippen LogP contribution is 2.22. The molecule has 136 valence electrons. The minimum Gasteiger partial charge on any atom is -0.459 e.